The number of hydrogen-bond acceptors (Lipinski definition) is 2. The molecule has 1 saturated heterocycles. The lowest BCUT2D eigenvalue weighted by atomic mass is 10.1. The zero-order valence-corrected chi connectivity index (χ0v) is 8.21. The number of likely N-dealkylation sites (tertiary alicyclic amines) is 1. The van der Waals surface area contributed by atoms with Crippen molar-refractivity contribution in [3.63, 3.8) is 0 Å². The summed E-state index contributed by atoms with van der Waals surface area (Å²) in [6, 6.07) is 0.643. The van der Waals surface area contributed by atoms with Crippen molar-refractivity contribution in [2.45, 2.75) is 39.2 Å². The third-order valence-electron chi connectivity index (χ3n) is 2.48. The van der Waals surface area contributed by atoms with Crippen molar-refractivity contribution < 1.29 is 5.11 Å². The molecule has 0 aliphatic carbocycles. The third kappa shape index (κ3) is 2.76. The second kappa shape index (κ2) is 4.83. The van der Waals surface area contributed by atoms with Crippen LogP contribution in [-0.4, -0.2) is 35.7 Å². The van der Waals surface area contributed by atoms with E-state index < -0.39 is 0 Å². The third-order valence-corrected chi connectivity index (χ3v) is 2.48. The van der Waals surface area contributed by atoms with E-state index in [-0.39, 0.29) is 0 Å². The summed E-state index contributed by atoms with van der Waals surface area (Å²) in [6.45, 7) is 7.02. The predicted molar refractivity (Wildman–Crippen MR) is 50.9 cm³/mol. The Hall–Kier alpha value is -0.0800. The molecule has 1 N–H and O–H groups in total. The van der Waals surface area contributed by atoms with Gasteiger partial charge in [-0.1, -0.05) is 13.8 Å². The van der Waals surface area contributed by atoms with Gasteiger partial charge in [0.15, 0.2) is 0 Å². The highest BCUT2D eigenvalue weighted by atomic mass is 16.3. The molecule has 1 aliphatic heterocycles. The first-order valence-corrected chi connectivity index (χ1v) is 4.88. The fourth-order valence-electron chi connectivity index (χ4n) is 1.99. The summed E-state index contributed by atoms with van der Waals surface area (Å²) >= 11 is 0. The van der Waals surface area contributed by atoms with E-state index in [1.54, 1.807) is 0 Å². The summed E-state index contributed by atoms with van der Waals surface area (Å²) in [5, 5.41) is 8.85. The van der Waals surface area contributed by atoms with Crippen molar-refractivity contribution in [2.75, 3.05) is 19.7 Å². The summed E-state index contributed by atoms with van der Waals surface area (Å²) < 4.78 is 0. The Bertz CT molecular complexity index is 125. The van der Waals surface area contributed by atoms with Crippen LogP contribution in [0.1, 0.15) is 33.1 Å². The molecule has 1 radical (unpaired) electrons. The molecule has 0 aromatic carbocycles. The molecule has 1 unspecified atom stereocenters. The average molecular weight is 170 g/mol. The lowest BCUT2D eigenvalue weighted by molar-refractivity contribution is 0.200. The quantitative estimate of drug-likeness (QED) is 0.690. The summed E-state index contributed by atoms with van der Waals surface area (Å²) in [5.41, 5.74) is 0. The smallest absolute Gasteiger partial charge is 0.0445 e. The zero-order valence-electron chi connectivity index (χ0n) is 8.21. The minimum Gasteiger partial charge on any atom is -0.396 e. The van der Waals surface area contributed by atoms with Crippen LogP contribution in [0.3, 0.4) is 0 Å². The van der Waals surface area contributed by atoms with Gasteiger partial charge in [-0.15, -0.1) is 0 Å². The van der Waals surface area contributed by atoms with Crippen molar-refractivity contribution >= 4 is 0 Å². The second-order valence-electron chi connectivity index (χ2n) is 3.99. The monoisotopic (exact) mass is 170 g/mol. The molecular formula is C10H20NO. The van der Waals surface area contributed by atoms with Crippen LogP contribution in [0.25, 0.3) is 0 Å². The van der Waals surface area contributed by atoms with E-state index in [2.05, 4.69) is 18.7 Å². The van der Waals surface area contributed by atoms with Crippen molar-refractivity contribution in [3.05, 3.63) is 5.92 Å². The molecule has 0 saturated carbocycles. The number of rotatable bonds is 4. The van der Waals surface area contributed by atoms with Crippen molar-refractivity contribution in [3.8, 4) is 0 Å². The highest BCUT2D eigenvalue weighted by Gasteiger charge is 2.23. The summed E-state index contributed by atoms with van der Waals surface area (Å²) in [7, 11) is 0. The van der Waals surface area contributed by atoms with Crippen LogP contribution in [0.2, 0.25) is 0 Å². The van der Waals surface area contributed by atoms with Crippen LogP contribution in [0, 0.1) is 5.92 Å². The van der Waals surface area contributed by atoms with E-state index in [9.17, 15) is 0 Å². The molecule has 0 amide bonds. The average Bonchev–Trinajstić information content (AvgIpc) is 2.37. The Labute approximate surface area is 75.6 Å². The molecule has 71 valence electrons. The van der Waals surface area contributed by atoms with E-state index >= 15 is 0 Å². The fourth-order valence-corrected chi connectivity index (χ4v) is 1.99. The standard InChI is InChI=1S/C10H20NO/c1-9(2)8-11-6-3-4-10(11)5-7-12/h10,12H,3-8H2,1-2H3. The number of aliphatic hydroxyl groups is 1. The van der Waals surface area contributed by atoms with Crippen LogP contribution in [0.4, 0.5) is 0 Å². The number of aliphatic hydroxyl groups excluding tert-OH is 1. The maximum Gasteiger partial charge on any atom is 0.0445 e. The molecule has 1 fully saturated rings. The predicted octanol–water partition coefficient (Wildman–Crippen LogP) is 1.45. The van der Waals surface area contributed by atoms with Gasteiger partial charge >= 0.3 is 0 Å². The maximum atomic E-state index is 8.85. The lowest BCUT2D eigenvalue weighted by Crippen LogP contribution is -2.32. The van der Waals surface area contributed by atoms with Crippen LogP contribution in [-0.2, 0) is 0 Å². The van der Waals surface area contributed by atoms with Gasteiger partial charge in [-0.2, -0.15) is 0 Å². The summed E-state index contributed by atoms with van der Waals surface area (Å²) in [5.74, 6) is 1.47. The van der Waals surface area contributed by atoms with Gasteiger partial charge < -0.3 is 5.11 Å². The van der Waals surface area contributed by atoms with Gasteiger partial charge in [-0.25, -0.2) is 0 Å². The maximum absolute atomic E-state index is 8.85. The molecule has 2 heteroatoms. The molecule has 2 nitrogen and oxygen atoms in total. The Kier molecular flexibility index (Phi) is 4.02. The highest BCUT2D eigenvalue weighted by Crippen LogP contribution is 2.20. The molecule has 0 bridgehead atoms. The zero-order chi connectivity index (χ0) is 8.97. The van der Waals surface area contributed by atoms with E-state index in [4.69, 9.17) is 5.11 Å². The number of nitrogens with zero attached hydrogens (tertiary/aromatic N) is 1. The second-order valence-corrected chi connectivity index (χ2v) is 3.99. The SMILES string of the molecule is C[C](C)CN1CCCC1CCO. The molecule has 0 aromatic rings. The van der Waals surface area contributed by atoms with Gasteiger partial charge in [0.05, 0.1) is 0 Å². The Morgan fingerprint density at radius 3 is 2.83 bits per heavy atom. The first-order valence-electron chi connectivity index (χ1n) is 4.88. The fraction of sp³-hybridized carbons (Fsp3) is 0.900. The highest BCUT2D eigenvalue weighted by molar-refractivity contribution is 4.88. The first kappa shape index (κ1) is 10.0. The van der Waals surface area contributed by atoms with Crippen LogP contribution >= 0.6 is 0 Å². The molecule has 1 aliphatic rings. The molecular weight excluding hydrogens is 150 g/mol. The Morgan fingerprint density at radius 2 is 2.25 bits per heavy atom. The van der Waals surface area contributed by atoms with E-state index in [0.29, 0.717) is 12.6 Å². The molecule has 1 heterocycles. The van der Waals surface area contributed by atoms with E-state index in [1.807, 2.05) is 0 Å². The Morgan fingerprint density at radius 1 is 1.50 bits per heavy atom. The first-order chi connectivity index (χ1) is 5.74. The molecule has 0 spiro atoms. The van der Waals surface area contributed by atoms with Crippen LogP contribution < -0.4 is 0 Å². The van der Waals surface area contributed by atoms with Gasteiger partial charge in [0.25, 0.3) is 0 Å². The summed E-state index contributed by atoms with van der Waals surface area (Å²) in [6.07, 6.45) is 3.53. The number of hydrogen-bond donors (Lipinski definition) is 1. The van der Waals surface area contributed by atoms with Crippen molar-refractivity contribution in [1.82, 2.24) is 4.90 Å². The normalized spacial score (nSPS) is 25.5. The lowest BCUT2D eigenvalue weighted by Gasteiger charge is -2.25. The van der Waals surface area contributed by atoms with E-state index in [1.165, 1.54) is 25.3 Å². The Balaban J connectivity index is 2.30. The van der Waals surface area contributed by atoms with E-state index in [0.717, 1.165) is 13.0 Å². The topological polar surface area (TPSA) is 23.5 Å². The van der Waals surface area contributed by atoms with Crippen molar-refractivity contribution in [2.24, 2.45) is 0 Å². The van der Waals surface area contributed by atoms with Crippen LogP contribution in [0.15, 0.2) is 0 Å². The van der Waals surface area contributed by atoms with Crippen LogP contribution in [0.5, 0.6) is 0 Å². The van der Waals surface area contributed by atoms with Crippen molar-refractivity contribution in [1.29, 1.82) is 0 Å². The minimum absolute atomic E-state index is 0.337. The van der Waals surface area contributed by atoms with Gasteiger partial charge in [-0.05, 0) is 31.7 Å². The molecule has 1 atom stereocenters. The van der Waals surface area contributed by atoms with Gasteiger partial charge in [-0.3, -0.25) is 4.90 Å². The van der Waals surface area contributed by atoms with Gasteiger partial charge in [0.2, 0.25) is 0 Å². The largest absolute Gasteiger partial charge is 0.396 e. The van der Waals surface area contributed by atoms with Gasteiger partial charge in [0.1, 0.15) is 0 Å². The summed E-state index contributed by atoms with van der Waals surface area (Å²) in [4.78, 5) is 2.49. The molecule has 1 rings (SSSR count). The van der Waals surface area contributed by atoms with Gasteiger partial charge in [0, 0.05) is 19.2 Å². The minimum atomic E-state index is 0.337. The molecule has 0 aromatic heterocycles. The molecule has 12 heavy (non-hydrogen) atoms.